The lowest BCUT2D eigenvalue weighted by Gasteiger charge is -2.20. The van der Waals surface area contributed by atoms with E-state index in [1.807, 2.05) is 79.7 Å². The maximum Gasteiger partial charge on any atom is 0.345 e. The third-order valence-electron chi connectivity index (χ3n) is 5.34. The zero-order valence-electron chi connectivity index (χ0n) is 18.7. The molecule has 0 saturated heterocycles. The van der Waals surface area contributed by atoms with Gasteiger partial charge in [0.25, 0.3) is 0 Å². The summed E-state index contributed by atoms with van der Waals surface area (Å²) in [5.41, 5.74) is 3.85. The molecule has 0 aliphatic rings. The maximum atomic E-state index is 12.4. The summed E-state index contributed by atoms with van der Waals surface area (Å²) < 4.78 is 12.1. The first-order chi connectivity index (χ1) is 16.6. The fourth-order valence-corrected chi connectivity index (χ4v) is 3.79. The Morgan fingerprint density at radius 1 is 0.853 bits per heavy atom. The molecule has 5 nitrogen and oxygen atoms in total. The zero-order valence-corrected chi connectivity index (χ0v) is 19.5. The summed E-state index contributed by atoms with van der Waals surface area (Å²) in [5, 5.41) is 10.7. The van der Waals surface area contributed by atoms with Crippen LogP contribution in [0.15, 0.2) is 84.9 Å². The minimum absolute atomic E-state index is 0.0153. The first kappa shape index (κ1) is 23.3. The molecule has 1 heterocycles. The van der Waals surface area contributed by atoms with Gasteiger partial charge in [-0.3, -0.25) is 0 Å². The van der Waals surface area contributed by atoms with E-state index in [1.54, 1.807) is 12.1 Å². The Morgan fingerprint density at radius 3 is 1.94 bits per heavy atom. The van der Waals surface area contributed by atoms with Crippen LogP contribution < -0.4 is 9.47 Å². The molecule has 3 aromatic carbocycles. The number of carboxylic acid groups (broad SMARTS) is 1. The van der Waals surface area contributed by atoms with E-state index in [2.05, 4.69) is 4.98 Å². The average Bonchev–Trinajstić information content (AvgIpc) is 2.87. The van der Waals surface area contributed by atoms with Crippen LogP contribution in [0.5, 0.6) is 11.6 Å². The highest BCUT2D eigenvalue weighted by Crippen LogP contribution is 2.39. The molecule has 172 valence electrons. The van der Waals surface area contributed by atoms with Crippen LogP contribution in [0.25, 0.3) is 11.3 Å². The predicted octanol–water partition coefficient (Wildman–Crippen LogP) is 6.82. The maximum absolute atomic E-state index is 12.4. The molecule has 0 saturated carbocycles. The number of aromatic carboxylic acids is 1. The number of pyridine rings is 1. The summed E-state index contributed by atoms with van der Waals surface area (Å²) in [6, 6.07) is 26.4. The van der Waals surface area contributed by atoms with Gasteiger partial charge in [-0.25, -0.2) is 9.78 Å². The van der Waals surface area contributed by atoms with Gasteiger partial charge in [0.15, 0.2) is 5.56 Å². The summed E-state index contributed by atoms with van der Waals surface area (Å²) in [6.45, 7) is 2.34. The SMILES string of the molecule is CCc1c(-c2ccc(Cl)cc2)nc(OCc2ccccc2)c(C(=O)O)c1OCc1ccccc1. The van der Waals surface area contributed by atoms with Gasteiger partial charge >= 0.3 is 5.97 Å². The molecular weight excluding hydrogens is 450 g/mol. The van der Waals surface area contributed by atoms with E-state index in [1.165, 1.54) is 0 Å². The number of nitrogens with zero attached hydrogens (tertiary/aromatic N) is 1. The summed E-state index contributed by atoms with van der Waals surface area (Å²) in [4.78, 5) is 17.1. The first-order valence-electron chi connectivity index (χ1n) is 11.0. The highest BCUT2D eigenvalue weighted by Gasteiger charge is 2.27. The number of benzene rings is 3. The number of halogens is 1. The minimum atomic E-state index is -1.16. The first-order valence-corrected chi connectivity index (χ1v) is 11.3. The number of aromatic nitrogens is 1. The van der Waals surface area contributed by atoms with Crippen molar-refractivity contribution in [3.63, 3.8) is 0 Å². The fraction of sp³-hybridized carbons (Fsp3) is 0.143. The van der Waals surface area contributed by atoms with E-state index in [0.717, 1.165) is 16.7 Å². The highest BCUT2D eigenvalue weighted by molar-refractivity contribution is 6.30. The van der Waals surface area contributed by atoms with Crippen LogP contribution in [0.4, 0.5) is 0 Å². The summed E-state index contributed by atoms with van der Waals surface area (Å²) in [6.07, 6.45) is 0.522. The van der Waals surface area contributed by atoms with Crippen LogP contribution >= 0.6 is 11.6 Å². The molecule has 4 aromatic rings. The second-order valence-corrected chi connectivity index (χ2v) is 8.10. The van der Waals surface area contributed by atoms with Crippen molar-refractivity contribution in [1.82, 2.24) is 4.98 Å². The summed E-state index contributed by atoms with van der Waals surface area (Å²) in [5.74, 6) is -0.876. The average molecular weight is 474 g/mol. The number of hydrogen-bond acceptors (Lipinski definition) is 4. The van der Waals surface area contributed by atoms with Crippen molar-refractivity contribution < 1.29 is 19.4 Å². The van der Waals surface area contributed by atoms with E-state index in [-0.39, 0.29) is 30.4 Å². The van der Waals surface area contributed by atoms with Crippen molar-refractivity contribution in [2.45, 2.75) is 26.6 Å². The van der Waals surface area contributed by atoms with Crippen molar-refractivity contribution in [3.05, 3.63) is 112 Å². The molecule has 0 aliphatic heterocycles. The van der Waals surface area contributed by atoms with Gasteiger partial charge in [0.05, 0.1) is 5.69 Å². The normalized spacial score (nSPS) is 10.6. The molecular formula is C28H24ClNO4. The molecule has 1 N–H and O–H groups in total. The van der Waals surface area contributed by atoms with E-state index in [0.29, 0.717) is 22.7 Å². The lowest BCUT2D eigenvalue weighted by atomic mass is 10.00. The van der Waals surface area contributed by atoms with Crippen LogP contribution in [0.3, 0.4) is 0 Å². The van der Waals surface area contributed by atoms with Gasteiger partial charge in [-0.05, 0) is 29.7 Å². The minimum Gasteiger partial charge on any atom is -0.487 e. The quantitative estimate of drug-likeness (QED) is 0.289. The Labute approximate surface area is 203 Å². The lowest BCUT2D eigenvalue weighted by molar-refractivity contribution is 0.0684. The molecule has 0 spiro atoms. The predicted molar refractivity (Wildman–Crippen MR) is 133 cm³/mol. The monoisotopic (exact) mass is 473 g/mol. The molecule has 1 aromatic heterocycles. The summed E-state index contributed by atoms with van der Waals surface area (Å²) >= 11 is 6.09. The van der Waals surface area contributed by atoms with Crippen LogP contribution in [0.1, 0.15) is 34.0 Å². The molecule has 0 bridgehead atoms. The Balaban J connectivity index is 1.83. The Hall–Kier alpha value is -3.83. The topological polar surface area (TPSA) is 68.7 Å². The second-order valence-electron chi connectivity index (χ2n) is 7.66. The van der Waals surface area contributed by atoms with Gasteiger partial charge in [0.1, 0.15) is 19.0 Å². The molecule has 34 heavy (non-hydrogen) atoms. The van der Waals surface area contributed by atoms with E-state index in [4.69, 9.17) is 21.1 Å². The molecule has 0 amide bonds. The van der Waals surface area contributed by atoms with Crippen LogP contribution in [-0.2, 0) is 19.6 Å². The molecule has 4 rings (SSSR count). The Kier molecular flexibility index (Phi) is 7.45. The van der Waals surface area contributed by atoms with Crippen molar-refractivity contribution in [3.8, 4) is 22.9 Å². The van der Waals surface area contributed by atoms with Gasteiger partial charge in [0, 0.05) is 16.1 Å². The summed E-state index contributed by atoms with van der Waals surface area (Å²) in [7, 11) is 0. The Bertz CT molecular complexity index is 1260. The fourth-order valence-electron chi connectivity index (χ4n) is 3.66. The van der Waals surface area contributed by atoms with Crippen molar-refractivity contribution in [2.24, 2.45) is 0 Å². The third-order valence-corrected chi connectivity index (χ3v) is 5.60. The number of rotatable bonds is 9. The molecule has 0 unspecified atom stereocenters. The van der Waals surface area contributed by atoms with Crippen LogP contribution in [0.2, 0.25) is 5.02 Å². The van der Waals surface area contributed by atoms with Gasteiger partial charge < -0.3 is 14.6 Å². The van der Waals surface area contributed by atoms with Crippen LogP contribution in [0, 0.1) is 0 Å². The second kappa shape index (κ2) is 10.9. The molecule has 0 radical (unpaired) electrons. The molecule has 6 heteroatoms. The van der Waals surface area contributed by atoms with E-state index < -0.39 is 5.97 Å². The van der Waals surface area contributed by atoms with Gasteiger partial charge in [-0.2, -0.15) is 0 Å². The number of carboxylic acids is 1. The standard InChI is InChI=1S/C28H24ClNO4/c1-2-23-25(21-13-15-22(29)16-14-21)30-27(34-18-20-11-7-4-8-12-20)24(28(31)32)26(23)33-17-19-9-5-3-6-10-19/h3-16H,2,17-18H2,1H3,(H,31,32). The lowest BCUT2D eigenvalue weighted by Crippen LogP contribution is -2.12. The number of ether oxygens (including phenoxy) is 2. The van der Waals surface area contributed by atoms with Gasteiger partial charge in [-0.1, -0.05) is 91.3 Å². The molecule has 0 fully saturated rings. The Morgan fingerprint density at radius 2 is 1.41 bits per heavy atom. The van der Waals surface area contributed by atoms with E-state index in [9.17, 15) is 9.90 Å². The number of hydrogen-bond donors (Lipinski definition) is 1. The highest BCUT2D eigenvalue weighted by atomic mass is 35.5. The smallest absolute Gasteiger partial charge is 0.345 e. The largest absolute Gasteiger partial charge is 0.487 e. The molecule has 0 atom stereocenters. The van der Waals surface area contributed by atoms with Crippen molar-refractivity contribution in [1.29, 1.82) is 0 Å². The van der Waals surface area contributed by atoms with Gasteiger partial charge in [0.2, 0.25) is 5.88 Å². The zero-order chi connectivity index (χ0) is 23.9. The van der Waals surface area contributed by atoms with Gasteiger partial charge in [-0.15, -0.1) is 0 Å². The molecule has 0 aliphatic carbocycles. The van der Waals surface area contributed by atoms with Crippen molar-refractivity contribution in [2.75, 3.05) is 0 Å². The third kappa shape index (κ3) is 5.38. The van der Waals surface area contributed by atoms with Crippen molar-refractivity contribution >= 4 is 17.6 Å². The van der Waals surface area contributed by atoms with E-state index >= 15 is 0 Å². The van der Waals surface area contributed by atoms with Crippen LogP contribution in [-0.4, -0.2) is 16.1 Å². The number of carbonyl (C=O) groups is 1.